The van der Waals surface area contributed by atoms with Crippen LogP contribution in [0.1, 0.15) is 99.9 Å². The van der Waals surface area contributed by atoms with Crippen LogP contribution in [0.5, 0.6) is 0 Å². The summed E-state index contributed by atoms with van der Waals surface area (Å²) in [5, 5.41) is 9.69. The highest BCUT2D eigenvalue weighted by molar-refractivity contribution is 6.19. The molecule has 0 fully saturated rings. The van der Waals surface area contributed by atoms with Gasteiger partial charge in [0.05, 0.1) is 5.69 Å². The summed E-state index contributed by atoms with van der Waals surface area (Å²) in [6.45, 7) is 19.1. The molecule has 0 spiro atoms. The molecule has 0 unspecified atom stereocenters. The van der Waals surface area contributed by atoms with E-state index in [1.54, 1.807) is 0 Å². The van der Waals surface area contributed by atoms with Crippen LogP contribution in [0.3, 0.4) is 0 Å². The molecule has 2 heterocycles. The normalized spacial score (nSPS) is 14.0. The highest BCUT2D eigenvalue weighted by Gasteiger charge is 2.42. The van der Waals surface area contributed by atoms with E-state index in [2.05, 4.69) is 484 Å². The van der Waals surface area contributed by atoms with E-state index in [9.17, 15) is 0 Å². The highest BCUT2D eigenvalue weighted by atomic mass is 16.3. The van der Waals surface area contributed by atoms with E-state index in [4.69, 9.17) is 8.83 Å². The molecular formula is C134H96N2O2. The quantitative estimate of drug-likeness (QED) is 0.122. The first-order valence-electron chi connectivity index (χ1n) is 48.5. The van der Waals surface area contributed by atoms with E-state index in [0.29, 0.717) is 0 Å². The summed E-state index contributed by atoms with van der Waals surface area (Å²) in [5.41, 5.74) is 50.7. The number of para-hydroxylation sites is 2. The van der Waals surface area contributed by atoms with Crippen molar-refractivity contribution in [2.24, 2.45) is 0 Å². The summed E-state index contributed by atoms with van der Waals surface area (Å²) < 4.78 is 12.7. The van der Waals surface area contributed by atoms with Crippen molar-refractivity contribution < 1.29 is 8.83 Å². The SMILES string of the molecule is CC1(C)c2cc(-c3ccccc3)ccc2-c2ccc(N(c3ccc(-c4ccc5c6c(cccc46)-c4ccccc4-5)cc3)c3ccc4c(c3)C(C)(C)c3cc(-c5ccc6c(c5)oc5ccccc56)ccc3-4)cc21.CC1(C)c2cc(-c3ccccc3)ccc2-c2ccc(N(c3ccc4c(c3)C(C)(C)c3cc(-c5ccc6c(c5)oc5ccccc56)ccc3-4)c3ccc(-c4ccccc4)c4ccccc34)cc21. The van der Waals surface area contributed by atoms with Gasteiger partial charge in [0.25, 0.3) is 0 Å². The molecule has 23 aromatic rings. The van der Waals surface area contributed by atoms with Crippen LogP contribution in [0, 0.1) is 0 Å². The lowest BCUT2D eigenvalue weighted by molar-refractivity contribution is 0.660. The molecule has 0 bridgehead atoms. The molecule has 0 saturated heterocycles. The zero-order valence-electron chi connectivity index (χ0n) is 78.3. The van der Waals surface area contributed by atoms with Crippen LogP contribution in [-0.4, -0.2) is 0 Å². The standard InChI is InChI=1S/C70H49NO.C64H47NO/c1-69(2)62-37-44(42-13-6-5-7-14-42)23-30-53(62)55-33-28-48(40-64(55)69)71(47-26-21-43(22-27-47)50-35-36-61-52-16-9-8-15-51(52)60-19-12-18-59(50)68(60)61)49-29-34-56-54-31-24-45(38-63(54)70(3,4)65(56)41-49)46-25-32-58-57-17-10-11-20-66(57)72-67(58)39-46;1-63(2)56-35-42(40-15-7-5-8-16-40)23-28-49(56)51-31-26-45(38-58(51)63)65(60-34-33-47(41-17-9-6-10-18-41)48-19-11-12-20-53(48)60)46-27-32-52-50-29-24-43(36-57(50)64(3,4)59(52)39-46)44-25-30-55-54-21-13-14-22-61(54)66-62(55)37-44/h5-41H,1-4H3;5-39H,1-4H3. The van der Waals surface area contributed by atoms with Gasteiger partial charge in [0.15, 0.2) is 0 Å². The van der Waals surface area contributed by atoms with Crippen LogP contribution in [0.15, 0.2) is 446 Å². The van der Waals surface area contributed by atoms with Gasteiger partial charge in [-0.2, -0.15) is 0 Å². The third-order valence-electron chi connectivity index (χ3n) is 31.5. The van der Waals surface area contributed by atoms with E-state index in [0.717, 1.165) is 89.1 Å². The predicted molar refractivity (Wildman–Crippen MR) is 579 cm³/mol. The van der Waals surface area contributed by atoms with Crippen LogP contribution in [0.4, 0.5) is 34.1 Å². The largest absolute Gasteiger partial charge is 0.456 e. The first-order valence-corrected chi connectivity index (χ1v) is 48.5. The van der Waals surface area contributed by atoms with Gasteiger partial charge >= 0.3 is 0 Å². The van der Waals surface area contributed by atoms with Crippen LogP contribution >= 0.6 is 0 Å². The molecule has 0 aliphatic heterocycles. The Balaban J connectivity index is 0.000000140. The maximum Gasteiger partial charge on any atom is 0.136 e. The maximum absolute atomic E-state index is 6.34. The average molecular weight is 1770 g/mol. The topological polar surface area (TPSA) is 32.8 Å². The number of rotatable bonds is 12. The lowest BCUT2D eigenvalue weighted by atomic mass is 9.81. The monoisotopic (exact) mass is 1760 g/mol. The minimum atomic E-state index is -0.247. The number of furan rings is 2. The molecule has 0 N–H and O–H groups in total. The van der Waals surface area contributed by atoms with Crippen LogP contribution in [0.2, 0.25) is 0 Å². The van der Waals surface area contributed by atoms with Gasteiger partial charge in [-0.1, -0.05) is 365 Å². The third kappa shape index (κ3) is 12.4. The van der Waals surface area contributed by atoms with E-state index >= 15 is 0 Å². The Morgan fingerprint density at radius 2 is 0.420 bits per heavy atom. The molecular weight excluding hydrogens is 1670 g/mol. The van der Waals surface area contributed by atoms with Crippen molar-refractivity contribution >= 4 is 99.5 Å². The van der Waals surface area contributed by atoms with Gasteiger partial charge < -0.3 is 18.6 Å². The number of benzene rings is 21. The zero-order valence-corrected chi connectivity index (χ0v) is 78.3. The van der Waals surface area contributed by atoms with Gasteiger partial charge in [0.1, 0.15) is 22.3 Å². The lowest BCUT2D eigenvalue weighted by Gasteiger charge is -2.31. The van der Waals surface area contributed by atoms with Gasteiger partial charge in [0, 0.05) is 77.0 Å². The van der Waals surface area contributed by atoms with Crippen LogP contribution in [-0.2, 0) is 21.7 Å². The molecule has 21 aromatic carbocycles. The molecule has 0 amide bonds. The second kappa shape index (κ2) is 30.4. The van der Waals surface area contributed by atoms with Crippen molar-refractivity contribution in [3.8, 4) is 134 Å². The van der Waals surface area contributed by atoms with Gasteiger partial charge in [-0.05, 0) is 322 Å². The fourth-order valence-corrected chi connectivity index (χ4v) is 24.3. The van der Waals surface area contributed by atoms with Crippen molar-refractivity contribution in [1.82, 2.24) is 0 Å². The second-order valence-electron chi connectivity index (χ2n) is 40.5. The fourth-order valence-electron chi connectivity index (χ4n) is 24.3. The summed E-state index contributed by atoms with van der Waals surface area (Å²) >= 11 is 0. The Morgan fingerprint density at radius 3 is 0.855 bits per heavy atom. The summed E-state index contributed by atoms with van der Waals surface area (Å²) in [5.74, 6) is 0. The molecule has 28 rings (SSSR count). The van der Waals surface area contributed by atoms with Crippen LogP contribution < -0.4 is 9.80 Å². The molecule has 138 heavy (non-hydrogen) atoms. The first-order chi connectivity index (χ1) is 67.4. The summed E-state index contributed by atoms with van der Waals surface area (Å²) in [7, 11) is 0. The highest BCUT2D eigenvalue weighted by Crippen LogP contribution is 2.60. The van der Waals surface area contributed by atoms with E-state index in [1.165, 1.54) is 188 Å². The average Bonchev–Trinajstić information content (AvgIpc) is 1.56. The second-order valence-corrected chi connectivity index (χ2v) is 40.5. The van der Waals surface area contributed by atoms with Crippen molar-refractivity contribution in [1.29, 1.82) is 0 Å². The van der Waals surface area contributed by atoms with E-state index in [1.807, 2.05) is 18.2 Å². The van der Waals surface area contributed by atoms with Crippen molar-refractivity contribution in [3.63, 3.8) is 0 Å². The number of nitrogens with zero attached hydrogens (tertiary/aromatic N) is 2. The fraction of sp³-hybridized carbons (Fsp3) is 0.0896. The Labute approximate surface area is 804 Å². The summed E-state index contributed by atoms with van der Waals surface area (Å²) in [6.07, 6.45) is 0. The Bertz CT molecular complexity index is 9040. The molecule has 0 atom stereocenters. The number of hydrogen-bond donors (Lipinski definition) is 0. The van der Waals surface area contributed by atoms with Gasteiger partial charge in [-0.3, -0.25) is 0 Å². The molecule has 2 aromatic heterocycles. The van der Waals surface area contributed by atoms with Crippen molar-refractivity contribution in [2.75, 3.05) is 9.80 Å². The zero-order chi connectivity index (χ0) is 92.3. The first kappa shape index (κ1) is 80.9. The molecule has 5 aliphatic carbocycles. The van der Waals surface area contributed by atoms with E-state index < -0.39 is 0 Å². The Hall–Kier alpha value is -16.7. The Morgan fingerprint density at radius 1 is 0.152 bits per heavy atom. The lowest BCUT2D eigenvalue weighted by Crippen LogP contribution is -2.18. The summed E-state index contributed by atoms with van der Waals surface area (Å²) in [6, 6.07) is 162. The molecule has 4 nitrogen and oxygen atoms in total. The number of anilines is 6. The molecule has 4 heteroatoms. The van der Waals surface area contributed by atoms with Gasteiger partial charge in [-0.25, -0.2) is 0 Å². The van der Waals surface area contributed by atoms with Crippen molar-refractivity contribution in [2.45, 2.75) is 77.0 Å². The molecule has 5 aliphatic rings. The molecule has 0 saturated carbocycles. The maximum atomic E-state index is 6.34. The predicted octanol–water partition coefficient (Wildman–Crippen LogP) is 37.3. The van der Waals surface area contributed by atoms with Gasteiger partial charge in [-0.15, -0.1) is 0 Å². The van der Waals surface area contributed by atoms with Crippen molar-refractivity contribution in [3.05, 3.63) is 481 Å². The molecule has 654 valence electrons. The number of hydrogen-bond acceptors (Lipinski definition) is 4. The third-order valence-corrected chi connectivity index (χ3v) is 31.5. The smallest absolute Gasteiger partial charge is 0.136 e. The van der Waals surface area contributed by atoms with Gasteiger partial charge in [0.2, 0.25) is 0 Å². The minimum Gasteiger partial charge on any atom is -0.456 e. The Kier molecular flexibility index (Phi) is 17.8. The summed E-state index contributed by atoms with van der Waals surface area (Å²) in [4.78, 5) is 5.00. The van der Waals surface area contributed by atoms with E-state index in [-0.39, 0.29) is 21.7 Å². The van der Waals surface area contributed by atoms with Crippen LogP contribution in [0.25, 0.3) is 199 Å². The molecule has 0 radical (unpaired) electrons. The minimum absolute atomic E-state index is 0.204. The number of fused-ring (bicyclic) bond motifs is 22.